The van der Waals surface area contributed by atoms with Crippen LogP contribution in [0.4, 0.5) is 0 Å². The van der Waals surface area contributed by atoms with Crippen molar-refractivity contribution in [1.29, 1.82) is 0 Å². The highest BCUT2D eigenvalue weighted by molar-refractivity contribution is 5.83. The third-order valence-corrected chi connectivity index (χ3v) is 4.17. The van der Waals surface area contributed by atoms with Gasteiger partial charge in [0.2, 0.25) is 0 Å². The maximum absolute atomic E-state index is 10.9. The van der Waals surface area contributed by atoms with Gasteiger partial charge in [0.25, 0.3) is 0 Å². The van der Waals surface area contributed by atoms with E-state index in [1.165, 1.54) is 34.7 Å². The summed E-state index contributed by atoms with van der Waals surface area (Å²) in [6.45, 7) is 1.92. The van der Waals surface area contributed by atoms with Crippen molar-refractivity contribution in [1.82, 2.24) is 0 Å². The summed E-state index contributed by atoms with van der Waals surface area (Å²) < 4.78 is 5.03. The normalized spacial score (nSPS) is 10.4. The molecule has 0 bridgehead atoms. The molecule has 0 fully saturated rings. The van der Waals surface area contributed by atoms with E-state index in [0.29, 0.717) is 6.61 Å². The standard InChI is InChI=1S/C23H22O2/c1-18(24)25-16-8-9-19-14-15-22(20-10-4-2-5-11-20)23(17-19)21-12-6-3-7-13-21/h2-7,10-15,17H,8-9,16H2,1H3. The lowest BCUT2D eigenvalue weighted by molar-refractivity contribution is -0.141. The van der Waals surface area contributed by atoms with Crippen LogP contribution in [0.2, 0.25) is 0 Å². The van der Waals surface area contributed by atoms with Crippen LogP contribution < -0.4 is 0 Å². The van der Waals surface area contributed by atoms with Gasteiger partial charge in [0.05, 0.1) is 6.61 Å². The van der Waals surface area contributed by atoms with Crippen LogP contribution in [-0.2, 0) is 16.0 Å². The Kier molecular flexibility index (Phi) is 5.63. The van der Waals surface area contributed by atoms with Crippen LogP contribution in [0.25, 0.3) is 22.3 Å². The Labute approximate surface area is 149 Å². The first kappa shape index (κ1) is 17.0. The summed E-state index contributed by atoms with van der Waals surface area (Å²) in [6.07, 6.45) is 1.72. The molecular weight excluding hydrogens is 308 g/mol. The van der Waals surface area contributed by atoms with Gasteiger partial charge in [-0.25, -0.2) is 0 Å². The number of carbonyl (C=O) groups excluding carboxylic acids is 1. The molecule has 0 aliphatic carbocycles. The highest BCUT2D eigenvalue weighted by Gasteiger charge is 2.08. The van der Waals surface area contributed by atoms with Gasteiger partial charge < -0.3 is 4.74 Å². The van der Waals surface area contributed by atoms with Gasteiger partial charge in [-0.3, -0.25) is 4.79 Å². The molecule has 0 amide bonds. The molecule has 0 atom stereocenters. The van der Waals surface area contributed by atoms with E-state index in [1.807, 2.05) is 12.1 Å². The largest absolute Gasteiger partial charge is 0.466 e. The van der Waals surface area contributed by atoms with Gasteiger partial charge in [-0.1, -0.05) is 78.9 Å². The predicted molar refractivity (Wildman–Crippen MR) is 102 cm³/mol. The van der Waals surface area contributed by atoms with Crippen molar-refractivity contribution in [2.75, 3.05) is 6.61 Å². The Bertz CT molecular complexity index is 823. The summed E-state index contributed by atoms with van der Waals surface area (Å²) in [7, 11) is 0. The van der Waals surface area contributed by atoms with Gasteiger partial charge in [-0.2, -0.15) is 0 Å². The molecular formula is C23H22O2. The number of ether oxygens (including phenoxy) is 1. The summed E-state index contributed by atoms with van der Waals surface area (Å²) in [4.78, 5) is 10.9. The minimum atomic E-state index is -0.218. The van der Waals surface area contributed by atoms with Crippen LogP contribution in [-0.4, -0.2) is 12.6 Å². The van der Waals surface area contributed by atoms with Crippen LogP contribution in [0, 0.1) is 0 Å². The summed E-state index contributed by atoms with van der Waals surface area (Å²) in [5, 5.41) is 0. The summed E-state index contributed by atoms with van der Waals surface area (Å²) in [5.41, 5.74) is 6.15. The van der Waals surface area contributed by atoms with Crippen LogP contribution in [0.15, 0.2) is 78.9 Å². The number of hydrogen-bond donors (Lipinski definition) is 0. The van der Waals surface area contributed by atoms with Gasteiger partial charge in [-0.15, -0.1) is 0 Å². The molecule has 0 unspecified atom stereocenters. The molecule has 0 saturated carbocycles. The van der Waals surface area contributed by atoms with Crippen LogP contribution in [0.3, 0.4) is 0 Å². The zero-order valence-corrected chi connectivity index (χ0v) is 14.4. The lowest BCUT2D eigenvalue weighted by Gasteiger charge is -2.13. The minimum absolute atomic E-state index is 0.218. The first-order valence-electron chi connectivity index (χ1n) is 8.61. The fourth-order valence-corrected chi connectivity index (χ4v) is 2.97. The SMILES string of the molecule is CC(=O)OCCCc1ccc(-c2ccccc2)c(-c2ccccc2)c1. The van der Waals surface area contributed by atoms with E-state index in [2.05, 4.69) is 66.7 Å². The maximum Gasteiger partial charge on any atom is 0.302 e. The lowest BCUT2D eigenvalue weighted by Crippen LogP contribution is -2.01. The van der Waals surface area contributed by atoms with Crippen molar-refractivity contribution in [2.24, 2.45) is 0 Å². The van der Waals surface area contributed by atoms with Gasteiger partial charge in [0.15, 0.2) is 0 Å². The molecule has 0 N–H and O–H groups in total. The topological polar surface area (TPSA) is 26.3 Å². The molecule has 0 saturated heterocycles. The van der Waals surface area contributed by atoms with Crippen LogP contribution >= 0.6 is 0 Å². The van der Waals surface area contributed by atoms with Crippen molar-refractivity contribution in [3.8, 4) is 22.3 Å². The lowest BCUT2D eigenvalue weighted by atomic mass is 9.92. The predicted octanol–water partition coefficient (Wildman–Crippen LogP) is 5.52. The van der Waals surface area contributed by atoms with Gasteiger partial charge in [-0.05, 0) is 40.7 Å². The van der Waals surface area contributed by atoms with E-state index in [1.54, 1.807) is 0 Å². The van der Waals surface area contributed by atoms with E-state index in [4.69, 9.17) is 4.74 Å². The fraction of sp³-hybridized carbons (Fsp3) is 0.174. The van der Waals surface area contributed by atoms with Crippen molar-refractivity contribution in [3.63, 3.8) is 0 Å². The summed E-state index contributed by atoms with van der Waals surface area (Å²) >= 11 is 0. The second kappa shape index (κ2) is 8.29. The first-order valence-corrected chi connectivity index (χ1v) is 8.61. The van der Waals surface area contributed by atoms with Crippen LogP contribution in [0.1, 0.15) is 18.9 Å². The summed E-state index contributed by atoms with van der Waals surface area (Å²) in [6, 6.07) is 27.5. The molecule has 2 nitrogen and oxygen atoms in total. The first-order chi connectivity index (χ1) is 12.2. The summed E-state index contributed by atoms with van der Waals surface area (Å²) in [5.74, 6) is -0.218. The zero-order valence-electron chi connectivity index (χ0n) is 14.4. The van der Waals surface area contributed by atoms with Gasteiger partial charge in [0.1, 0.15) is 0 Å². The average Bonchev–Trinajstić information content (AvgIpc) is 2.66. The van der Waals surface area contributed by atoms with E-state index in [-0.39, 0.29) is 5.97 Å². The van der Waals surface area contributed by atoms with Gasteiger partial charge in [0, 0.05) is 6.92 Å². The second-order valence-corrected chi connectivity index (χ2v) is 6.06. The van der Waals surface area contributed by atoms with Gasteiger partial charge >= 0.3 is 5.97 Å². The molecule has 0 aliphatic heterocycles. The Morgan fingerprint density at radius 1 is 0.800 bits per heavy atom. The number of aryl methyl sites for hydroxylation is 1. The van der Waals surface area contributed by atoms with Crippen molar-refractivity contribution < 1.29 is 9.53 Å². The van der Waals surface area contributed by atoms with Crippen molar-refractivity contribution in [3.05, 3.63) is 84.4 Å². The van der Waals surface area contributed by atoms with E-state index in [9.17, 15) is 4.79 Å². The highest BCUT2D eigenvalue weighted by Crippen LogP contribution is 2.33. The Hall–Kier alpha value is -2.87. The van der Waals surface area contributed by atoms with E-state index in [0.717, 1.165) is 12.8 Å². The number of rotatable bonds is 6. The molecule has 126 valence electrons. The second-order valence-electron chi connectivity index (χ2n) is 6.06. The monoisotopic (exact) mass is 330 g/mol. The molecule has 0 spiro atoms. The zero-order chi connectivity index (χ0) is 17.5. The van der Waals surface area contributed by atoms with E-state index >= 15 is 0 Å². The molecule has 0 aliphatic rings. The molecule has 0 heterocycles. The minimum Gasteiger partial charge on any atom is -0.466 e. The quantitative estimate of drug-likeness (QED) is 0.439. The Morgan fingerprint density at radius 2 is 1.40 bits per heavy atom. The number of hydrogen-bond acceptors (Lipinski definition) is 2. The molecule has 0 radical (unpaired) electrons. The van der Waals surface area contributed by atoms with Crippen molar-refractivity contribution in [2.45, 2.75) is 19.8 Å². The number of benzene rings is 3. The molecule has 25 heavy (non-hydrogen) atoms. The average molecular weight is 330 g/mol. The smallest absolute Gasteiger partial charge is 0.302 e. The Morgan fingerprint density at radius 3 is 2.00 bits per heavy atom. The molecule has 2 heteroatoms. The molecule has 0 aromatic heterocycles. The number of carbonyl (C=O) groups is 1. The molecule has 3 aromatic rings. The molecule has 3 aromatic carbocycles. The number of esters is 1. The molecule has 3 rings (SSSR count). The third-order valence-electron chi connectivity index (χ3n) is 4.17. The van der Waals surface area contributed by atoms with E-state index < -0.39 is 0 Å². The Balaban J connectivity index is 1.90. The third kappa shape index (κ3) is 4.57. The van der Waals surface area contributed by atoms with Crippen LogP contribution in [0.5, 0.6) is 0 Å². The fourth-order valence-electron chi connectivity index (χ4n) is 2.97. The highest BCUT2D eigenvalue weighted by atomic mass is 16.5. The van der Waals surface area contributed by atoms with Crippen molar-refractivity contribution >= 4 is 5.97 Å². The maximum atomic E-state index is 10.9.